The Morgan fingerprint density at radius 3 is 2.56 bits per heavy atom. The number of halogens is 1. The van der Waals surface area contributed by atoms with Gasteiger partial charge >= 0.3 is 0 Å². The van der Waals surface area contributed by atoms with E-state index >= 15 is 0 Å². The summed E-state index contributed by atoms with van der Waals surface area (Å²) in [5, 5.41) is 7.66. The maximum Gasteiger partial charge on any atom is 0.0521 e. The minimum Gasteiger partial charge on any atom is -0.315 e. The standard InChI is InChI=1S/C14H16BrN3/c1-18-8-11(7-17-18)6-14(9-16-10-14)12-2-4-13(15)5-3-12/h2-5,7-8,16H,6,9-10H2,1H3. The third-order valence-electron chi connectivity index (χ3n) is 3.68. The van der Waals surface area contributed by atoms with E-state index in [1.54, 1.807) is 0 Å². The SMILES string of the molecule is Cn1cc(CC2(c3ccc(Br)cc3)CNC2)cn1. The minimum atomic E-state index is 0.240. The fourth-order valence-corrected chi connectivity index (χ4v) is 2.88. The molecule has 0 bridgehead atoms. The van der Waals surface area contributed by atoms with Gasteiger partial charge in [-0.15, -0.1) is 0 Å². The lowest BCUT2D eigenvalue weighted by Gasteiger charge is -2.43. The van der Waals surface area contributed by atoms with Crippen molar-refractivity contribution < 1.29 is 0 Å². The molecule has 3 rings (SSSR count). The zero-order valence-corrected chi connectivity index (χ0v) is 11.9. The summed E-state index contributed by atoms with van der Waals surface area (Å²) >= 11 is 3.49. The normalized spacial score (nSPS) is 17.4. The van der Waals surface area contributed by atoms with Gasteiger partial charge in [0.2, 0.25) is 0 Å². The van der Waals surface area contributed by atoms with Gasteiger partial charge in [-0.25, -0.2) is 0 Å². The lowest BCUT2D eigenvalue weighted by molar-refractivity contribution is 0.274. The van der Waals surface area contributed by atoms with E-state index in [4.69, 9.17) is 0 Å². The second-order valence-corrected chi connectivity index (χ2v) is 6.01. The number of aromatic nitrogens is 2. The quantitative estimate of drug-likeness (QED) is 0.943. The van der Waals surface area contributed by atoms with Crippen LogP contribution in [0.2, 0.25) is 0 Å². The first-order valence-corrected chi connectivity index (χ1v) is 6.92. The predicted molar refractivity (Wildman–Crippen MR) is 75.6 cm³/mol. The molecule has 4 heteroatoms. The first kappa shape index (κ1) is 11.9. The maximum absolute atomic E-state index is 4.26. The molecule has 1 N–H and O–H groups in total. The van der Waals surface area contributed by atoms with Crippen LogP contribution in [0.25, 0.3) is 0 Å². The highest BCUT2D eigenvalue weighted by molar-refractivity contribution is 9.10. The summed E-state index contributed by atoms with van der Waals surface area (Å²) in [5.41, 5.74) is 2.96. The summed E-state index contributed by atoms with van der Waals surface area (Å²) in [5.74, 6) is 0. The van der Waals surface area contributed by atoms with E-state index in [0.29, 0.717) is 0 Å². The molecule has 0 saturated carbocycles. The van der Waals surface area contributed by atoms with Crippen molar-refractivity contribution in [1.29, 1.82) is 0 Å². The van der Waals surface area contributed by atoms with Gasteiger partial charge in [0.1, 0.15) is 0 Å². The average molecular weight is 306 g/mol. The molecular weight excluding hydrogens is 290 g/mol. The van der Waals surface area contributed by atoms with Crippen LogP contribution in [0.1, 0.15) is 11.1 Å². The molecule has 1 saturated heterocycles. The first-order valence-electron chi connectivity index (χ1n) is 6.12. The molecule has 2 aromatic rings. The van der Waals surface area contributed by atoms with Crippen LogP contribution in [0.3, 0.4) is 0 Å². The Morgan fingerprint density at radius 2 is 2.06 bits per heavy atom. The zero-order valence-electron chi connectivity index (χ0n) is 10.4. The minimum absolute atomic E-state index is 0.240. The van der Waals surface area contributed by atoms with Crippen LogP contribution < -0.4 is 5.32 Å². The van der Waals surface area contributed by atoms with Crippen LogP contribution in [-0.4, -0.2) is 22.9 Å². The van der Waals surface area contributed by atoms with E-state index in [1.807, 2.05) is 17.9 Å². The van der Waals surface area contributed by atoms with Crippen molar-refractivity contribution in [3.63, 3.8) is 0 Å². The molecule has 0 amide bonds. The fraction of sp³-hybridized carbons (Fsp3) is 0.357. The smallest absolute Gasteiger partial charge is 0.0521 e. The van der Waals surface area contributed by atoms with E-state index in [0.717, 1.165) is 24.0 Å². The molecule has 1 aliphatic heterocycles. The number of hydrogen-bond acceptors (Lipinski definition) is 2. The Kier molecular flexibility index (Phi) is 2.99. The molecule has 0 atom stereocenters. The van der Waals surface area contributed by atoms with Crippen molar-refractivity contribution in [2.45, 2.75) is 11.8 Å². The van der Waals surface area contributed by atoms with Crippen molar-refractivity contribution in [3.05, 3.63) is 52.3 Å². The molecule has 0 aliphatic carbocycles. The number of nitrogens with zero attached hydrogens (tertiary/aromatic N) is 2. The van der Waals surface area contributed by atoms with E-state index in [1.165, 1.54) is 11.1 Å². The molecule has 94 valence electrons. The molecular formula is C14H16BrN3. The topological polar surface area (TPSA) is 29.9 Å². The van der Waals surface area contributed by atoms with Gasteiger partial charge < -0.3 is 5.32 Å². The van der Waals surface area contributed by atoms with Crippen molar-refractivity contribution in [2.24, 2.45) is 7.05 Å². The molecule has 0 spiro atoms. The Morgan fingerprint density at radius 1 is 1.33 bits per heavy atom. The van der Waals surface area contributed by atoms with Gasteiger partial charge in [0.05, 0.1) is 6.20 Å². The second-order valence-electron chi connectivity index (χ2n) is 5.09. The summed E-state index contributed by atoms with van der Waals surface area (Å²) in [6.45, 7) is 2.09. The third kappa shape index (κ3) is 2.10. The highest BCUT2D eigenvalue weighted by Crippen LogP contribution is 2.33. The molecule has 18 heavy (non-hydrogen) atoms. The summed E-state index contributed by atoms with van der Waals surface area (Å²) in [4.78, 5) is 0. The second kappa shape index (κ2) is 4.52. The molecule has 2 heterocycles. The van der Waals surface area contributed by atoms with E-state index < -0.39 is 0 Å². The van der Waals surface area contributed by atoms with Gasteiger partial charge in [-0.2, -0.15) is 5.10 Å². The van der Waals surface area contributed by atoms with Crippen LogP contribution >= 0.6 is 15.9 Å². The molecule has 1 fully saturated rings. The van der Waals surface area contributed by atoms with Gasteiger partial charge in [0.15, 0.2) is 0 Å². The van der Waals surface area contributed by atoms with Gasteiger partial charge in [0.25, 0.3) is 0 Å². The van der Waals surface area contributed by atoms with Crippen LogP contribution in [-0.2, 0) is 18.9 Å². The van der Waals surface area contributed by atoms with Gasteiger partial charge in [-0.3, -0.25) is 4.68 Å². The third-order valence-corrected chi connectivity index (χ3v) is 4.21. The number of hydrogen-bond donors (Lipinski definition) is 1. The van der Waals surface area contributed by atoms with Crippen LogP contribution in [0.15, 0.2) is 41.1 Å². The summed E-state index contributed by atoms with van der Waals surface area (Å²) in [6.07, 6.45) is 5.13. The lowest BCUT2D eigenvalue weighted by atomic mass is 9.71. The number of benzene rings is 1. The molecule has 1 aromatic carbocycles. The first-order chi connectivity index (χ1) is 8.68. The summed E-state index contributed by atoms with van der Waals surface area (Å²) in [7, 11) is 1.97. The Bertz CT molecular complexity index is 540. The van der Waals surface area contributed by atoms with E-state index in [2.05, 4.69) is 56.8 Å². The van der Waals surface area contributed by atoms with Crippen molar-refractivity contribution in [1.82, 2.24) is 15.1 Å². The highest BCUT2D eigenvalue weighted by atomic mass is 79.9. The van der Waals surface area contributed by atoms with Gasteiger partial charge in [-0.05, 0) is 29.7 Å². The Balaban J connectivity index is 1.88. The predicted octanol–water partition coefficient (Wildman–Crippen LogP) is 2.27. The Hall–Kier alpha value is -1.13. The van der Waals surface area contributed by atoms with Gasteiger partial charge in [-0.1, -0.05) is 28.1 Å². The molecule has 0 unspecified atom stereocenters. The van der Waals surface area contributed by atoms with E-state index in [9.17, 15) is 0 Å². The van der Waals surface area contributed by atoms with E-state index in [-0.39, 0.29) is 5.41 Å². The lowest BCUT2D eigenvalue weighted by Crippen LogP contribution is -2.58. The summed E-state index contributed by atoms with van der Waals surface area (Å²) < 4.78 is 3.01. The average Bonchev–Trinajstić information content (AvgIpc) is 2.71. The van der Waals surface area contributed by atoms with Gasteiger partial charge in [0, 0.05) is 36.2 Å². The maximum atomic E-state index is 4.26. The molecule has 0 radical (unpaired) electrons. The summed E-state index contributed by atoms with van der Waals surface area (Å²) in [6, 6.07) is 8.69. The number of aryl methyl sites for hydroxylation is 1. The number of rotatable bonds is 3. The molecule has 1 aromatic heterocycles. The zero-order chi connectivity index (χ0) is 12.6. The van der Waals surface area contributed by atoms with Crippen LogP contribution in [0, 0.1) is 0 Å². The van der Waals surface area contributed by atoms with Crippen LogP contribution in [0.5, 0.6) is 0 Å². The van der Waals surface area contributed by atoms with Crippen molar-refractivity contribution in [3.8, 4) is 0 Å². The monoisotopic (exact) mass is 305 g/mol. The van der Waals surface area contributed by atoms with Crippen molar-refractivity contribution in [2.75, 3.05) is 13.1 Å². The van der Waals surface area contributed by atoms with Crippen molar-refractivity contribution >= 4 is 15.9 Å². The largest absolute Gasteiger partial charge is 0.315 e. The Labute approximate surface area is 115 Å². The number of nitrogens with one attached hydrogen (secondary N) is 1. The fourth-order valence-electron chi connectivity index (χ4n) is 2.62. The van der Waals surface area contributed by atoms with Crippen LogP contribution in [0.4, 0.5) is 0 Å². The highest BCUT2D eigenvalue weighted by Gasteiger charge is 2.38. The molecule has 1 aliphatic rings. The molecule has 3 nitrogen and oxygen atoms in total.